The molecule has 1 unspecified atom stereocenters. The summed E-state index contributed by atoms with van der Waals surface area (Å²) >= 11 is 0. The molecule has 0 saturated carbocycles. The van der Waals surface area contributed by atoms with Gasteiger partial charge >= 0.3 is 6.18 Å². The minimum Gasteiger partial charge on any atom is -0.239 e. The molecule has 0 aromatic heterocycles. The van der Waals surface area contributed by atoms with Crippen molar-refractivity contribution in [3.63, 3.8) is 0 Å². The molecule has 0 bridgehead atoms. The summed E-state index contributed by atoms with van der Waals surface area (Å²) < 4.78 is 53.1. The Kier molecular flexibility index (Phi) is 5.91. The van der Waals surface area contributed by atoms with Crippen LogP contribution in [0, 0.1) is 0 Å². The molecule has 0 amide bonds. The minimum atomic E-state index is -4.32. The van der Waals surface area contributed by atoms with Crippen LogP contribution >= 0.6 is 0 Å². The van der Waals surface area contributed by atoms with Gasteiger partial charge < -0.3 is 0 Å². The molecule has 2 aromatic carbocycles. The predicted octanol–water partition coefficient (Wildman–Crippen LogP) is 6.84. The molecule has 0 saturated heterocycles. The van der Waals surface area contributed by atoms with Crippen LogP contribution in [0.4, 0.5) is 17.6 Å². The van der Waals surface area contributed by atoms with Crippen LogP contribution in [0.25, 0.3) is 0 Å². The Labute approximate surface area is 146 Å². The van der Waals surface area contributed by atoms with E-state index in [2.05, 4.69) is 0 Å². The van der Waals surface area contributed by atoms with E-state index in [1.54, 1.807) is 25.1 Å². The predicted molar refractivity (Wildman–Crippen MR) is 93.4 cm³/mol. The largest absolute Gasteiger partial charge is 0.416 e. The van der Waals surface area contributed by atoms with Gasteiger partial charge in [0, 0.05) is 0 Å². The summed E-state index contributed by atoms with van der Waals surface area (Å²) in [7, 11) is 0. The van der Waals surface area contributed by atoms with Crippen molar-refractivity contribution in [2.45, 2.75) is 58.3 Å². The smallest absolute Gasteiger partial charge is 0.239 e. The number of hydrogen-bond acceptors (Lipinski definition) is 0. The van der Waals surface area contributed by atoms with E-state index in [0.29, 0.717) is 30.4 Å². The lowest BCUT2D eigenvalue weighted by Gasteiger charge is -2.20. The zero-order valence-electron chi connectivity index (χ0n) is 14.9. The van der Waals surface area contributed by atoms with Gasteiger partial charge in [0.1, 0.15) is 5.67 Å². The van der Waals surface area contributed by atoms with Crippen molar-refractivity contribution in [2.75, 3.05) is 0 Å². The van der Waals surface area contributed by atoms with Crippen LogP contribution in [0.2, 0.25) is 0 Å². The van der Waals surface area contributed by atoms with Gasteiger partial charge in [-0.1, -0.05) is 50.6 Å². The number of alkyl halides is 4. The van der Waals surface area contributed by atoms with Gasteiger partial charge in [0.25, 0.3) is 0 Å². The first-order chi connectivity index (χ1) is 11.7. The summed E-state index contributed by atoms with van der Waals surface area (Å²) in [6, 6.07) is 11.2. The first kappa shape index (κ1) is 19.5. The second-order valence-electron chi connectivity index (χ2n) is 6.66. The molecule has 4 heteroatoms. The molecule has 0 heterocycles. The van der Waals surface area contributed by atoms with E-state index in [9.17, 15) is 17.6 Å². The standard InChI is InChI=1S/C21H24F4/c1-4-12-20(3,22)18-9-6-15(7-10-18)13-17-8-11-19(21(23,24)25)14-16(17)5-2/h6-11,14H,4-5,12-13H2,1-3H3. The number of halogens is 4. The summed E-state index contributed by atoms with van der Waals surface area (Å²) in [5, 5.41) is 0. The molecule has 25 heavy (non-hydrogen) atoms. The third kappa shape index (κ3) is 4.83. The maximum Gasteiger partial charge on any atom is 0.416 e. The highest BCUT2D eigenvalue weighted by Crippen LogP contribution is 2.32. The molecule has 0 N–H and O–H groups in total. The van der Waals surface area contributed by atoms with Crippen LogP contribution in [-0.4, -0.2) is 0 Å². The maximum absolute atomic E-state index is 14.5. The number of hydrogen-bond donors (Lipinski definition) is 0. The first-order valence-electron chi connectivity index (χ1n) is 8.64. The fourth-order valence-electron chi connectivity index (χ4n) is 3.11. The Morgan fingerprint density at radius 1 is 0.800 bits per heavy atom. The molecule has 0 aliphatic rings. The van der Waals surface area contributed by atoms with Crippen molar-refractivity contribution in [2.24, 2.45) is 0 Å². The second kappa shape index (κ2) is 7.59. The van der Waals surface area contributed by atoms with Gasteiger partial charge in [0.2, 0.25) is 0 Å². The SMILES string of the molecule is CCCC(C)(F)c1ccc(Cc2ccc(C(F)(F)F)cc2CC)cc1. The Morgan fingerprint density at radius 3 is 1.92 bits per heavy atom. The topological polar surface area (TPSA) is 0 Å². The summed E-state index contributed by atoms with van der Waals surface area (Å²) in [5.74, 6) is 0. The summed E-state index contributed by atoms with van der Waals surface area (Å²) in [6.45, 7) is 5.38. The van der Waals surface area contributed by atoms with Crippen LogP contribution in [-0.2, 0) is 24.7 Å². The van der Waals surface area contributed by atoms with E-state index in [4.69, 9.17) is 0 Å². The molecule has 0 radical (unpaired) electrons. The highest BCUT2D eigenvalue weighted by Gasteiger charge is 2.30. The van der Waals surface area contributed by atoms with E-state index in [1.807, 2.05) is 26.0 Å². The third-order valence-electron chi connectivity index (χ3n) is 4.58. The van der Waals surface area contributed by atoms with Gasteiger partial charge in [0.15, 0.2) is 0 Å². The Morgan fingerprint density at radius 2 is 1.40 bits per heavy atom. The van der Waals surface area contributed by atoms with Crippen LogP contribution in [0.15, 0.2) is 42.5 Å². The van der Waals surface area contributed by atoms with Gasteiger partial charge in [-0.3, -0.25) is 0 Å². The number of rotatable bonds is 6. The van der Waals surface area contributed by atoms with Crippen molar-refractivity contribution in [3.05, 3.63) is 70.3 Å². The molecular formula is C21H24F4. The minimum absolute atomic E-state index is 0.464. The Bertz CT molecular complexity index is 697. The van der Waals surface area contributed by atoms with Gasteiger partial charge in [-0.05, 0) is 60.6 Å². The van der Waals surface area contributed by atoms with Crippen molar-refractivity contribution >= 4 is 0 Å². The normalized spacial score (nSPS) is 14.4. The fourth-order valence-corrected chi connectivity index (χ4v) is 3.11. The van der Waals surface area contributed by atoms with Gasteiger partial charge in [-0.25, -0.2) is 4.39 Å². The van der Waals surface area contributed by atoms with Crippen LogP contribution < -0.4 is 0 Å². The molecule has 2 aromatic rings. The Hall–Kier alpha value is -1.84. The van der Waals surface area contributed by atoms with Crippen molar-refractivity contribution in [1.29, 1.82) is 0 Å². The van der Waals surface area contributed by atoms with E-state index >= 15 is 0 Å². The monoisotopic (exact) mass is 352 g/mol. The Balaban J connectivity index is 2.22. The van der Waals surface area contributed by atoms with E-state index in [1.165, 1.54) is 6.07 Å². The summed E-state index contributed by atoms with van der Waals surface area (Å²) in [5.41, 5.74) is 1.21. The molecule has 0 spiro atoms. The van der Waals surface area contributed by atoms with Gasteiger partial charge in [-0.2, -0.15) is 13.2 Å². The van der Waals surface area contributed by atoms with E-state index in [-0.39, 0.29) is 0 Å². The van der Waals surface area contributed by atoms with Crippen molar-refractivity contribution in [1.82, 2.24) is 0 Å². The lowest BCUT2D eigenvalue weighted by atomic mass is 9.91. The molecule has 136 valence electrons. The molecule has 0 fully saturated rings. The molecular weight excluding hydrogens is 328 g/mol. The lowest BCUT2D eigenvalue weighted by Crippen LogP contribution is -2.14. The second-order valence-corrected chi connectivity index (χ2v) is 6.66. The van der Waals surface area contributed by atoms with Crippen molar-refractivity contribution in [3.8, 4) is 0 Å². The number of benzene rings is 2. The van der Waals surface area contributed by atoms with E-state index in [0.717, 1.165) is 23.6 Å². The average Bonchev–Trinajstić information content (AvgIpc) is 2.54. The fraction of sp³-hybridized carbons (Fsp3) is 0.429. The molecule has 0 aliphatic carbocycles. The zero-order valence-corrected chi connectivity index (χ0v) is 14.9. The molecule has 0 aliphatic heterocycles. The van der Waals surface area contributed by atoms with Crippen molar-refractivity contribution < 1.29 is 17.6 Å². The van der Waals surface area contributed by atoms with E-state index < -0.39 is 17.4 Å². The maximum atomic E-state index is 14.5. The van der Waals surface area contributed by atoms with Crippen LogP contribution in [0.1, 0.15) is 61.4 Å². The molecule has 1 atom stereocenters. The number of aryl methyl sites for hydroxylation is 1. The van der Waals surface area contributed by atoms with Gasteiger partial charge in [-0.15, -0.1) is 0 Å². The van der Waals surface area contributed by atoms with Crippen LogP contribution in [0.3, 0.4) is 0 Å². The quantitative estimate of drug-likeness (QED) is 0.499. The molecule has 0 nitrogen and oxygen atoms in total. The molecule has 2 rings (SSSR count). The summed E-state index contributed by atoms with van der Waals surface area (Å²) in [6.07, 6.45) is -2.02. The van der Waals surface area contributed by atoms with Crippen LogP contribution in [0.5, 0.6) is 0 Å². The highest BCUT2D eigenvalue weighted by molar-refractivity contribution is 5.38. The zero-order chi connectivity index (χ0) is 18.7. The highest BCUT2D eigenvalue weighted by atomic mass is 19.4. The van der Waals surface area contributed by atoms with Gasteiger partial charge in [0.05, 0.1) is 5.56 Å². The summed E-state index contributed by atoms with van der Waals surface area (Å²) in [4.78, 5) is 0. The average molecular weight is 352 g/mol. The third-order valence-corrected chi connectivity index (χ3v) is 4.58. The lowest BCUT2D eigenvalue weighted by molar-refractivity contribution is -0.137. The first-order valence-corrected chi connectivity index (χ1v) is 8.64.